The minimum absolute atomic E-state index is 0.0804. The number of methoxy groups -OCH3 is 1. The molecule has 27 heavy (non-hydrogen) atoms. The van der Waals surface area contributed by atoms with Gasteiger partial charge in [-0.1, -0.05) is 6.07 Å². The first-order chi connectivity index (χ1) is 13.2. The first-order valence-corrected chi connectivity index (χ1v) is 8.61. The van der Waals surface area contributed by atoms with E-state index in [1.807, 2.05) is 17.0 Å². The van der Waals surface area contributed by atoms with Gasteiger partial charge in [-0.15, -0.1) is 0 Å². The normalized spacial score (nSPS) is 14.3. The van der Waals surface area contributed by atoms with E-state index in [0.717, 1.165) is 0 Å². The summed E-state index contributed by atoms with van der Waals surface area (Å²) in [5.41, 5.74) is 0.423. The Morgan fingerprint density at radius 1 is 1.07 bits per heavy atom. The number of aromatic nitrogens is 5. The summed E-state index contributed by atoms with van der Waals surface area (Å²) in [6, 6.07) is 7.12. The number of hydrogen-bond acceptors (Lipinski definition) is 7. The fourth-order valence-electron chi connectivity index (χ4n) is 2.95. The first kappa shape index (κ1) is 17.0. The Hall–Kier alpha value is -3.49. The molecule has 1 saturated heterocycles. The van der Waals surface area contributed by atoms with Crippen LogP contribution >= 0.6 is 0 Å². The van der Waals surface area contributed by atoms with Crippen molar-refractivity contribution in [1.29, 1.82) is 0 Å². The van der Waals surface area contributed by atoms with Gasteiger partial charge in [0.1, 0.15) is 17.8 Å². The van der Waals surface area contributed by atoms with E-state index in [0.29, 0.717) is 49.5 Å². The van der Waals surface area contributed by atoms with Crippen LogP contribution in [0.15, 0.2) is 49.2 Å². The quantitative estimate of drug-likeness (QED) is 0.682. The Labute approximate surface area is 156 Å². The Morgan fingerprint density at radius 2 is 1.93 bits per heavy atom. The van der Waals surface area contributed by atoms with Crippen LogP contribution < -0.4 is 9.64 Å². The minimum atomic E-state index is -0.0804. The number of imidazole rings is 1. The topological polar surface area (TPSA) is 89.3 Å². The van der Waals surface area contributed by atoms with E-state index < -0.39 is 0 Å². The smallest absolute Gasteiger partial charge is 0.272 e. The van der Waals surface area contributed by atoms with Gasteiger partial charge >= 0.3 is 0 Å². The van der Waals surface area contributed by atoms with Crippen LogP contribution in [0.25, 0.3) is 5.82 Å². The molecule has 0 radical (unpaired) electrons. The zero-order valence-corrected chi connectivity index (χ0v) is 14.9. The molecule has 0 atom stereocenters. The lowest BCUT2D eigenvalue weighted by Gasteiger charge is -2.34. The minimum Gasteiger partial charge on any atom is -0.481 e. The zero-order valence-electron chi connectivity index (χ0n) is 14.9. The van der Waals surface area contributed by atoms with Crippen LogP contribution in [0.3, 0.4) is 0 Å². The van der Waals surface area contributed by atoms with E-state index in [1.165, 1.54) is 0 Å². The number of anilines is 1. The van der Waals surface area contributed by atoms with Crippen LogP contribution in [0.4, 0.5) is 5.95 Å². The van der Waals surface area contributed by atoms with Crippen molar-refractivity contribution in [3.05, 3.63) is 54.9 Å². The van der Waals surface area contributed by atoms with Gasteiger partial charge in [0.2, 0.25) is 11.8 Å². The molecule has 1 fully saturated rings. The number of carbonyl (C=O) groups is 1. The number of piperazine rings is 1. The second-order valence-electron chi connectivity index (χ2n) is 6.03. The molecule has 0 N–H and O–H groups in total. The van der Waals surface area contributed by atoms with Gasteiger partial charge in [0.25, 0.3) is 5.91 Å². The van der Waals surface area contributed by atoms with Crippen LogP contribution in [-0.2, 0) is 0 Å². The van der Waals surface area contributed by atoms with Gasteiger partial charge in [-0.05, 0) is 12.1 Å². The molecule has 0 saturated carbocycles. The number of hydrogen-bond donors (Lipinski definition) is 0. The fraction of sp³-hybridized carbons (Fsp3) is 0.278. The maximum absolute atomic E-state index is 12.8. The van der Waals surface area contributed by atoms with Crippen molar-refractivity contribution in [2.24, 2.45) is 0 Å². The Morgan fingerprint density at radius 3 is 2.67 bits per heavy atom. The molecule has 4 rings (SSSR count). The molecular weight excluding hydrogens is 346 g/mol. The van der Waals surface area contributed by atoms with E-state index in [1.54, 1.807) is 53.6 Å². The monoisotopic (exact) mass is 365 g/mol. The highest BCUT2D eigenvalue weighted by Crippen LogP contribution is 2.16. The summed E-state index contributed by atoms with van der Waals surface area (Å²) in [6.45, 7) is 2.47. The lowest BCUT2D eigenvalue weighted by Crippen LogP contribution is -2.49. The zero-order chi connectivity index (χ0) is 18.6. The number of nitrogens with zero attached hydrogens (tertiary/aromatic N) is 7. The summed E-state index contributed by atoms with van der Waals surface area (Å²) in [5, 5.41) is 0. The number of rotatable bonds is 4. The summed E-state index contributed by atoms with van der Waals surface area (Å²) in [7, 11) is 1.58. The highest BCUT2D eigenvalue weighted by molar-refractivity contribution is 5.92. The molecule has 1 amide bonds. The summed E-state index contributed by atoms with van der Waals surface area (Å²) >= 11 is 0. The third kappa shape index (κ3) is 3.57. The van der Waals surface area contributed by atoms with Gasteiger partial charge in [-0.3, -0.25) is 9.36 Å². The Kier molecular flexibility index (Phi) is 4.65. The fourth-order valence-corrected chi connectivity index (χ4v) is 2.95. The van der Waals surface area contributed by atoms with Crippen LogP contribution in [0.2, 0.25) is 0 Å². The molecule has 3 aromatic rings. The molecule has 0 unspecified atom stereocenters. The summed E-state index contributed by atoms with van der Waals surface area (Å²) < 4.78 is 6.92. The Balaban J connectivity index is 1.43. The van der Waals surface area contributed by atoms with Crippen LogP contribution in [0.1, 0.15) is 10.5 Å². The Bertz CT molecular complexity index is 921. The van der Waals surface area contributed by atoms with Crippen molar-refractivity contribution in [1.82, 2.24) is 29.4 Å². The average Bonchev–Trinajstić information content (AvgIpc) is 3.28. The van der Waals surface area contributed by atoms with Crippen molar-refractivity contribution in [2.45, 2.75) is 0 Å². The highest BCUT2D eigenvalue weighted by atomic mass is 16.5. The highest BCUT2D eigenvalue weighted by Gasteiger charge is 2.24. The molecule has 138 valence electrons. The van der Waals surface area contributed by atoms with E-state index >= 15 is 0 Å². The van der Waals surface area contributed by atoms with Crippen LogP contribution in [-0.4, -0.2) is 68.6 Å². The molecule has 1 aliphatic heterocycles. The summed E-state index contributed by atoms with van der Waals surface area (Å²) in [4.78, 5) is 33.8. The van der Waals surface area contributed by atoms with Crippen molar-refractivity contribution in [2.75, 3.05) is 38.2 Å². The van der Waals surface area contributed by atoms with E-state index in [2.05, 4.69) is 19.9 Å². The third-order valence-corrected chi connectivity index (χ3v) is 4.40. The maximum Gasteiger partial charge on any atom is 0.272 e. The van der Waals surface area contributed by atoms with Gasteiger partial charge in [0, 0.05) is 50.8 Å². The van der Waals surface area contributed by atoms with Gasteiger partial charge < -0.3 is 14.5 Å². The van der Waals surface area contributed by atoms with Gasteiger partial charge in [0.15, 0.2) is 0 Å². The lowest BCUT2D eigenvalue weighted by atomic mass is 10.2. The van der Waals surface area contributed by atoms with Crippen LogP contribution in [0, 0.1) is 0 Å². The second kappa shape index (κ2) is 7.40. The first-order valence-electron chi connectivity index (χ1n) is 8.61. The molecule has 3 aromatic heterocycles. The van der Waals surface area contributed by atoms with Gasteiger partial charge in [-0.25, -0.2) is 15.0 Å². The van der Waals surface area contributed by atoms with Crippen molar-refractivity contribution >= 4 is 11.9 Å². The van der Waals surface area contributed by atoms with Gasteiger partial charge in [-0.2, -0.15) is 4.98 Å². The summed E-state index contributed by atoms with van der Waals surface area (Å²) in [5.74, 6) is 1.73. The molecule has 0 aliphatic carbocycles. The molecule has 4 heterocycles. The van der Waals surface area contributed by atoms with E-state index in [9.17, 15) is 4.79 Å². The molecule has 9 heteroatoms. The number of pyridine rings is 1. The summed E-state index contributed by atoms with van der Waals surface area (Å²) in [6.07, 6.45) is 6.80. The van der Waals surface area contributed by atoms with E-state index in [4.69, 9.17) is 4.74 Å². The molecular formula is C18H19N7O2. The molecule has 0 spiro atoms. The second-order valence-corrected chi connectivity index (χ2v) is 6.03. The average molecular weight is 365 g/mol. The predicted octanol–water partition coefficient (Wildman–Crippen LogP) is 1.03. The van der Waals surface area contributed by atoms with Crippen LogP contribution in [0.5, 0.6) is 5.88 Å². The molecule has 0 aromatic carbocycles. The molecule has 0 bridgehead atoms. The van der Waals surface area contributed by atoms with Crippen molar-refractivity contribution in [3.63, 3.8) is 0 Å². The molecule has 1 aliphatic rings. The van der Waals surface area contributed by atoms with E-state index in [-0.39, 0.29) is 5.91 Å². The predicted molar refractivity (Wildman–Crippen MR) is 98.1 cm³/mol. The maximum atomic E-state index is 12.8. The molecule has 9 nitrogen and oxygen atoms in total. The number of amides is 1. The van der Waals surface area contributed by atoms with Crippen molar-refractivity contribution < 1.29 is 9.53 Å². The number of ether oxygens (including phenoxy) is 1. The lowest BCUT2D eigenvalue weighted by molar-refractivity contribution is 0.0740. The van der Waals surface area contributed by atoms with Crippen molar-refractivity contribution in [3.8, 4) is 11.7 Å². The standard InChI is InChI=1S/C18H19N7O2/c1-27-16-5-6-20-18(22-16)24-11-9-23(10-12-24)17(26)14-3-2-4-15(21-14)25-8-7-19-13-25/h2-8,13H,9-12H2,1H3. The van der Waals surface area contributed by atoms with Gasteiger partial charge in [0.05, 0.1) is 7.11 Å². The SMILES string of the molecule is COc1ccnc(N2CCN(C(=O)c3cccc(-n4ccnc4)n3)CC2)n1. The third-order valence-electron chi connectivity index (χ3n) is 4.40. The number of carbonyl (C=O) groups excluding carboxylic acids is 1. The largest absolute Gasteiger partial charge is 0.481 e.